The highest BCUT2D eigenvalue weighted by atomic mass is 19.1. The van der Waals surface area contributed by atoms with Crippen molar-refractivity contribution in [2.75, 3.05) is 13.2 Å². The second-order valence-corrected chi connectivity index (χ2v) is 6.75. The topological polar surface area (TPSA) is 40.8 Å². The molecule has 6 heteroatoms. The fraction of sp³-hybridized carbons (Fsp3) is 0.647. The number of hydrogen-bond acceptors (Lipinski definition) is 4. The first-order valence-electron chi connectivity index (χ1n) is 8.14. The molecule has 1 aliphatic rings. The van der Waals surface area contributed by atoms with Crippen molar-refractivity contribution >= 4 is 12.7 Å². The van der Waals surface area contributed by atoms with Gasteiger partial charge < -0.3 is 18.5 Å². The summed E-state index contributed by atoms with van der Waals surface area (Å²) in [7, 11) is -1.02. The van der Waals surface area contributed by atoms with E-state index in [1.165, 1.54) is 6.26 Å². The molecule has 0 unspecified atom stereocenters. The van der Waals surface area contributed by atoms with Crippen molar-refractivity contribution in [3.63, 3.8) is 0 Å². The Bertz CT molecular complexity index is 521. The largest absolute Gasteiger partial charge is 0.525 e. The maximum Gasteiger partial charge on any atom is 0.525 e. The molecule has 1 saturated heterocycles. The van der Waals surface area contributed by atoms with Crippen LogP contribution in [0.1, 0.15) is 53.2 Å². The molecular weight excluding hydrogens is 298 g/mol. The molecular formula is C17H26BFO4. The van der Waals surface area contributed by atoms with Crippen molar-refractivity contribution < 1.29 is 22.9 Å². The molecule has 23 heavy (non-hydrogen) atoms. The normalized spacial score (nSPS) is 20.7. The van der Waals surface area contributed by atoms with Crippen LogP contribution in [-0.4, -0.2) is 31.5 Å². The Morgan fingerprint density at radius 2 is 1.83 bits per heavy atom. The van der Waals surface area contributed by atoms with Crippen LogP contribution in [0, 0.1) is 0 Å². The third-order valence-corrected chi connectivity index (χ3v) is 4.41. The van der Waals surface area contributed by atoms with Crippen molar-refractivity contribution in [2.45, 2.75) is 58.7 Å². The summed E-state index contributed by atoms with van der Waals surface area (Å²) < 4.78 is 37.5. The molecule has 0 bridgehead atoms. The molecule has 1 aromatic heterocycles. The van der Waals surface area contributed by atoms with Gasteiger partial charge in [0, 0.05) is 18.6 Å². The molecule has 1 aromatic rings. The number of hydrogen-bond donors (Lipinski definition) is 0. The van der Waals surface area contributed by atoms with Crippen LogP contribution in [0.3, 0.4) is 0 Å². The summed E-state index contributed by atoms with van der Waals surface area (Å²) in [5.41, 5.74) is -1.17. The van der Waals surface area contributed by atoms with Crippen LogP contribution in [0.2, 0.25) is 0 Å². The van der Waals surface area contributed by atoms with Gasteiger partial charge in [0.1, 0.15) is 11.5 Å². The predicted octanol–water partition coefficient (Wildman–Crippen LogP) is 4.41. The average Bonchev–Trinajstić information content (AvgIpc) is 3.05. The van der Waals surface area contributed by atoms with Gasteiger partial charge >= 0.3 is 7.12 Å². The van der Waals surface area contributed by atoms with Gasteiger partial charge in [0.25, 0.3) is 0 Å². The highest BCUT2D eigenvalue weighted by Gasteiger charge is 2.53. The van der Waals surface area contributed by atoms with Gasteiger partial charge in [-0.1, -0.05) is 6.92 Å². The monoisotopic (exact) mass is 324 g/mol. The van der Waals surface area contributed by atoms with Gasteiger partial charge in [-0.25, -0.2) is 4.39 Å². The molecule has 2 rings (SSSR count). The minimum absolute atomic E-state index is 0.406. The zero-order valence-electron chi connectivity index (χ0n) is 14.6. The number of rotatable bonds is 7. The first kappa shape index (κ1) is 18.2. The van der Waals surface area contributed by atoms with Crippen molar-refractivity contribution in [3.05, 3.63) is 29.9 Å². The molecule has 0 aromatic carbocycles. The number of halogens is 1. The highest BCUT2D eigenvalue weighted by Crippen LogP contribution is 2.40. The van der Waals surface area contributed by atoms with Gasteiger partial charge in [-0.2, -0.15) is 0 Å². The zero-order valence-corrected chi connectivity index (χ0v) is 14.6. The van der Waals surface area contributed by atoms with Crippen LogP contribution in [0.4, 0.5) is 4.39 Å². The third-order valence-electron chi connectivity index (χ3n) is 4.41. The van der Waals surface area contributed by atoms with Crippen LogP contribution >= 0.6 is 0 Å². The van der Waals surface area contributed by atoms with Crippen LogP contribution < -0.4 is 0 Å². The molecule has 2 heterocycles. The zero-order chi connectivity index (χ0) is 17.1. The van der Waals surface area contributed by atoms with Crippen LogP contribution in [0.25, 0.3) is 5.57 Å². The summed E-state index contributed by atoms with van der Waals surface area (Å²) in [6.07, 6.45) is 2.86. The Morgan fingerprint density at radius 3 is 2.35 bits per heavy atom. The Balaban J connectivity index is 2.21. The molecule has 1 aliphatic heterocycles. The van der Waals surface area contributed by atoms with Gasteiger partial charge in [-0.15, -0.1) is 0 Å². The minimum Gasteiger partial charge on any atom is -0.465 e. The van der Waals surface area contributed by atoms with Crippen molar-refractivity contribution in [1.82, 2.24) is 0 Å². The van der Waals surface area contributed by atoms with E-state index in [4.69, 9.17) is 18.5 Å². The molecule has 4 nitrogen and oxygen atoms in total. The molecule has 0 spiro atoms. The summed E-state index contributed by atoms with van der Waals surface area (Å²) in [6, 6.07) is 3.47. The number of furan rings is 1. The van der Waals surface area contributed by atoms with E-state index in [0.29, 0.717) is 31.0 Å². The fourth-order valence-electron chi connectivity index (χ4n) is 2.32. The van der Waals surface area contributed by atoms with Gasteiger partial charge in [0.2, 0.25) is 0 Å². The molecule has 0 amide bonds. The first-order chi connectivity index (χ1) is 10.8. The standard InChI is InChI=1S/C17H26BFO4/c1-6-10-20-12-9-13(14-8-7-11-21-14)15(19)18-22-16(2,3)17(4,5)23-18/h7-8,11H,6,9-10,12H2,1-5H3. The van der Waals surface area contributed by atoms with Crippen molar-refractivity contribution in [3.8, 4) is 0 Å². The van der Waals surface area contributed by atoms with E-state index in [9.17, 15) is 0 Å². The summed E-state index contributed by atoms with van der Waals surface area (Å²) in [5.74, 6) is 0.484. The summed E-state index contributed by atoms with van der Waals surface area (Å²) >= 11 is 0. The Morgan fingerprint density at radius 1 is 1.17 bits per heavy atom. The quantitative estimate of drug-likeness (QED) is 0.550. The maximum absolute atomic E-state index is 15.0. The number of ether oxygens (including phenoxy) is 1. The van der Waals surface area contributed by atoms with Gasteiger partial charge in [0.05, 0.1) is 24.1 Å². The van der Waals surface area contributed by atoms with E-state index in [2.05, 4.69) is 0 Å². The van der Waals surface area contributed by atoms with Crippen molar-refractivity contribution in [1.29, 1.82) is 0 Å². The third kappa shape index (κ3) is 4.05. The molecule has 0 atom stereocenters. The second-order valence-electron chi connectivity index (χ2n) is 6.75. The van der Waals surface area contributed by atoms with E-state index in [0.717, 1.165) is 6.42 Å². The SMILES string of the molecule is CCCOCCC(=C(F)B1OC(C)(C)C(C)(C)O1)c1ccco1. The average molecular weight is 324 g/mol. The van der Waals surface area contributed by atoms with Gasteiger partial charge in [-0.3, -0.25) is 0 Å². The molecule has 0 saturated carbocycles. The smallest absolute Gasteiger partial charge is 0.465 e. The Labute approximate surface area is 138 Å². The van der Waals surface area contributed by atoms with E-state index in [1.54, 1.807) is 12.1 Å². The van der Waals surface area contributed by atoms with Crippen LogP contribution in [-0.2, 0) is 14.0 Å². The van der Waals surface area contributed by atoms with Crippen LogP contribution in [0.15, 0.2) is 28.5 Å². The maximum atomic E-state index is 15.0. The minimum atomic E-state index is -1.02. The highest BCUT2D eigenvalue weighted by molar-refractivity contribution is 6.55. The Hall–Kier alpha value is -1.11. The van der Waals surface area contributed by atoms with Crippen molar-refractivity contribution in [2.24, 2.45) is 0 Å². The second kappa shape index (κ2) is 7.20. The lowest BCUT2D eigenvalue weighted by Gasteiger charge is -2.32. The lowest BCUT2D eigenvalue weighted by molar-refractivity contribution is 0.00578. The molecule has 0 aliphatic carbocycles. The van der Waals surface area contributed by atoms with Crippen LogP contribution in [0.5, 0.6) is 0 Å². The van der Waals surface area contributed by atoms with Gasteiger partial charge in [-0.05, 0) is 46.2 Å². The molecule has 1 fully saturated rings. The molecule has 128 valence electrons. The van der Waals surface area contributed by atoms with E-state index in [-0.39, 0.29) is 0 Å². The van der Waals surface area contributed by atoms with E-state index >= 15 is 4.39 Å². The summed E-state index contributed by atoms with van der Waals surface area (Å²) in [5, 5.41) is 0. The lowest BCUT2D eigenvalue weighted by atomic mass is 9.83. The Kier molecular flexibility index (Phi) is 5.71. The fourth-order valence-corrected chi connectivity index (χ4v) is 2.32. The molecule has 0 radical (unpaired) electrons. The summed E-state index contributed by atoms with van der Waals surface area (Å²) in [4.78, 5) is 0. The predicted molar refractivity (Wildman–Crippen MR) is 88.5 cm³/mol. The van der Waals surface area contributed by atoms with E-state index in [1.807, 2.05) is 34.6 Å². The van der Waals surface area contributed by atoms with Gasteiger partial charge in [0.15, 0.2) is 0 Å². The lowest BCUT2D eigenvalue weighted by Crippen LogP contribution is -2.41. The van der Waals surface area contributed by atoms with E-state index < -0.39 is 24.0 Å². The first-order valence-corrected chi connectivity index (χ1v) is 8.14. The molecule has 0 N–H and O–H groups in total. The summed E-state index contributed by atoms with van der Waals surface area (Å²) in [6.45, 7) is 10.7.